The summed E-state index contributed by atoms with van der Waals surface area (Å²) in [5, 5.41) is 0.643. The third-order valence-corrected chi connectivity index (χ3v) is 2.11. The first-order valence-electron chi connectivity index (χ1n) is 3.95. The van der Waals surface area contributed by atoms with Crippen LogP contribution in [-0.2, 0) is 16.0 Å². The van der Waals surface area contributed by atoms with Gasteiger partial charge in [-0.15, -0.1) is 0 Å². The Labute approximate surface area is 82.5 Å². The Kier molecular flexibility index (Phi) is 3.32. The van der Waals surface area contributed by atoms with Crippen LogP contribution >= 0.6 is 11.6 Å². The molecule has 0 aliphatic heterocycles. The molecule has 0 atom stereocenters. The molecule has 0 bridgehead atoms. The summed E-state index contributed by atoms with van der Waals surface area (Å²) >= 11 is 5.79. The molecule has 0 N–H and O–H groups in total. The van der Waals surface area contributed by atoms with E-state index in [9.17, 15) is 4.79 Å². The number of benzene rings is 1. The number of esters is 1. The number of rotatable bonds is 2. The van der Waals surface area contributed by atoms with Crippen LogP contribution in [0.1, 0.15) is 11.1 Å². The lowest BCUT2D eigenvalue weighted by Gasteiger charge is -2.04. The third-order valence-electron chi connectivity index (χ3n) is 1.87. The van der Waals surface area contributed by atoms with Gasteiger partial charge in [0.25, 0.3) is 0 Å². The maximum absolute atomic E-state index is 11.0. The van der Waals surface area contributed by atoms with Gasteiger partial charge < -0.3 is 4.74 Å². The van der Waals surface area contributed by atoms with Gasteiger partial charge in [0.1, 0.15) is 0 Å². The van der Waals surface area contributed by atoms with Crippen molar-refractivity contribution >= 4 is 17.6 Å². The molecule has 0 saturated heterocycles. The standard InChI is InChI=1S/C10H11ClO2/c1-7-3-4-9(11)5-8(7)6-10(12)13-2/h3-5H,6H2,1-2H3. The molecular formula is C10H11ClO2. The highest BCUT2D eigenvalue weighted by molar-refractivity contribution is 6.30. The van der Waals surface area contributed by atoms with Gasteiger partial charge in [-0.05, 0) is 30.2 Å². The summed E-state index contributed by atoms with van der Waals surface area (Å²) in [5.41, 5.74) is 1.97. The highest BCUT2D eigenvalue weighted by Crippen LogP contribution is 2.15. The van der Waals surface area contributed by atoms with E-state index in [2.05, 4.69) is 4.74 Å². The van der Waals surface area contributed by atoms with Crippen LogP contribution in [0.25, 0.3) is 0 Å². The highest BCUT2D eigenvalue weighted by Gasteiger charge is 2.05. The quantitative estimate of drug-likeness (QED) is 0.682. The molecule has 2 nitrogen and oxygen atoms in total. The average Bonchev–Trinajstić information content (AvgIpc) is 2.11. The van der Waals surface area contributed by atoms with Crippen molar-refractivity contribution in [2.75, 3.05) is 7.11 Å². The molecule has 0 saturated carbocycles. The molecule has 70 valence electrons. The molecular weight excluding hydrogens is 188 g/mol. The predicted octanol–water partition coefficient (Wildman–Crippen LogP) is 2.36. The van der Waals surface area contributed by atoms with Gasteiger partial charge in [-0.1, -0.05) is 17.7 Å². The SMILES string of the molecule is COC(=O)Cc1cc(Cl)ccc1C. The van der Waals surface area contributed by atoms with Crippen LogP contribution in [0.3, 0.4) is 0 Å². The zero-order chi connectivity index (χ0) is 9.84. The Hall–Kier alpha value is -1.02. The van der Waals surface area contributed by atoms with Crippen molar-refractivity contribution in [1.29, 1.82) is 0 Å². The fourth-order valence-corrected chi connectivity index (χ4v) is 1.25. The molecule has 0 aliphatic carbocycles. The second-order valence-corrected chi connectivity index (χ2v) is 3.26. The van der Waals surface area contributed by atoms with E-state index in [1.807, 2.05) is 13.0 Å². The van der Waals surface area contributed by atoms with Gasteiger partial charge >= 0.3 is 5.97 Å². The lowest BCUT2D eigenvalue weighted by atomic mass is 10.1. The summed E-state index contributed by atoms with van der Waals surface area (Å²) in [6, 6.07) is 5.48. The van der Waals surface area contributed by atoms with Gasteiger partial charge in [-0.3, -0.25) is 4.79 Å². The first kappa shape index (κ1) is 10.1. The first-order chi connectivity index (χ1) is 6.13. The maximum Gasteiger partial charge on any atom is 0.309 e. The van der Waals surface area contributed by atoms with Crippen molar-refractivity contribution in [3.8, 4) is 0 Å². The summed E-state index contributed by atoms with van der Waals surface area (Å²) in [6.07, 6.45) is 0.281. The van der Waals surface area contributed by atoms with E-state index in [1.54, 1.807) is 12.1 Å². The minimum absolute atomic E-state index is 0.245. The Morgan fingerprint density at radius 3 is 2.85 bits per heavy atom. The Morgan fingerprint density at radius 1 is 1.54 bits per heavy atom. The number of methoxy groups -OCH3 is 1. The molecule has 1 aromatic rings. The summed E-state index contributed by atoms with van der Waals surface area (Å²) < 4.78 is 4.57. The molecule has 0 radical (unpaired) electrons. The lowest BCUT2D eigenvalue weighted by Crippen LogP contribution is -2.05. The predicted molar refractivity (Wildman–Crippen MR) is 51.9 cm³/mol. The molecule has 0 heterocycles. The van der Waals surface area contributed by atoms with Gasteiger partial charge in [-0.25, -0.2) is 0 Å². The van der Waals surface area contributed by atoms with Crippen LogP contribution in [0.2, 0.25) is 5.02 Å². The van der Waals surface area contributed by atoms with E-state index in [0.717, 1.165) is 11.1 Å². The van der Waals surface area contributed by atoms with E-state index < -0.39 is 0 Å². The van der Waals surface area contributed by atoms with Crippen LogP contribution in [0.4, 0.5) is 0 Å². The molecule has 0 aromatic heterocycles. The van der Waals surface area contributed by atoms with E-state index in [4.69, 9.17) is 11.6 Å². The van der Waals surface area contributed by atoms with Crippen molar-refractivity contribution in [2.24, 2.45) is 0 Å². The van der Waals surface area contributed by atoms with Crippen molar-refractivity contribution in [1.82, 2.24) is 0 Å². The van der Waals surface area contributed by atoms with E-state index in [0.29, 0.717) is 5.02 Å². The number of carbonyl (C=O) groups is 1. The minimum Gasteiger partial charge on any atom is -0.469 e. The second-order valence-electron chi connectivity index (χ2n) is 2.82. The van der Waals surface area contributed by atoms with Crippen LogP contribution in [0.15, 0.2) is 18.2 Å². The summed E-state index contributed by atoms with van der Waals surface area (Å²) in [5.74, 6) is -0.245. The molecule has 0 aliphatic rings. The smallest absolute Gasteiger partial charge is 0.309 e. The fraction of sp³-hybridized carbons (Fsp3) is 0.300. The average molecular weight is 199 g/mol. The summed E-state index contributed by atoms with van der Waals surface area (Å²) in [6.45, 7) is 1.94. The van der Waals surface area contributed by atoms with Crippen molar-refractivity contribution in [3.63, 3.8) is 0 Å². The Bertz CT molecular complexity index is 321. The van der Waals surface area contributed by atoms with Gasteiger partial charge in [0, 0.05) is 5.02 Å². The monoisotopic (exact) mass is 198 g/mol. The van der Waals surface area contributed by atoms with E-state index in [-0.39, 0.29) is 12.4 Å². The van der Waals surface area contributed by atoms with Crippen LogP contribution < -0.4 is 0 Å². The van der Waals surface area contributed by atoms with Gasteiger partial charge in [0.15, 0.2) is 0 Å². The fourth-order valence-electron chi connectivity index (χ4n) is 1.06. The topological polar surface area (TPSA) is 26.3 Å². The maximum atomic E-state index is 11.0. The zero-order valence-corrected chi connectivity index (χ0v) is 8.39. The van der Waals surface area contributed by atoms with Crippen molar-refractivity contribution in [3.05, 3.63) is 34.3 Å². The largest absolute Gasteiger partial charge is 0.469 e. The number of carbonyl (C=O) groups excluding carboxylic acids is 1. The summed E-state index contributed by atoms with van der Waals surface area (Å²) in [7, 11) is 1.38. The third kappa shape index (κ3) is 2.74. The summed E-state index contributed by atoms with van der Waals surface area (Å²) in [4.78, 5) is 11.0. The van der Waals surface area contributed by atoms with Crippen LogP contribution in [0, 0.1) is 6.92 Å². The van der Waals surface area contributed by atoms with Crippen molar-refractivity contribution in [2.45, 2.75) is 13.3 Å². The molecule has 1 aromatic carbocycles. The Morgan fingerprint density at radius 2 is 2.23 bits per heavy atom. The van der Waals surface area contributed by atoms with Gasteiger partial charge in [0.2, 0.25) is 0 Å². The zero-order valence-electron chi connectivity index (χ0n) is 7.63. The van der Waals surface area contributed by atoms with E-state index >= 15 is 0 Å². The van der Waals surface area contributed by atoms with Gasteiger partial charge in [0.05, 0.1) is 13.5 Å². The highest BCUT2D eigenvalue weighted by atomic mass is 35.5. The molecule has 0 spiro atoms. The number of hydrogen-bond donors (Lipinski definition) is 0. The number of ether oxygens (including phenoxy) is 1. The normalized spacial score (nSPS) is 9.77. The molecule has 0 amide bonds. The molecule has 0 fully saturated rings. The van der Waals surface area contributed by atoms with Crippen LogP contribution in [0.5, 0.6) is 0 Å². The molecule has 0 unspecified atom stereocenters. The van der Waals surface area contributed by atoms with Crippen LogP contribution in [-0.4, -0.2) is 13.1 Å². The lowest BCUT2D eigenvalue weighted by molar-refractivity contribution is -0.139. The molecule has 1 rings (SSSR count). The Balaban J connectivity index is 2.87. The molecule has 13 heavy (non-hydrogen) atoms. The van der Waals surface area contributed by atoms with Crippen molar-refractivity contribution < 1.29 is 9.53 Å². The number of hydrogen-bond acceptors (Lipinski definition) is 2. The first-order valence-corrected chi connectivity index (χ1v) is 4.33. The number of aryl methyl sites for hydroxylation is 1. The molecule has 3 heteroatoms. The van der Waals surface area contributed by atoms with E-state index in [1.165, 1.54) is 7.11 Å². The van der Waals surface area contributed by atoms with Gasteiger partial charge in [-0.2, -0.15) is 0 Å². The number of halogens is 1. The minimum atomic E-state index is -0.245. The second kappa shape index (κ2) is 4.28.